The Labute approximate surface area is 136 Å². The summed E-state index contributed by atoms with van der Waals surface area (Å²) in [5.41, 5.74) is 2.28. The van der Waals surface area contributed by atoms with Crippen LogP contribution in [0.4, 0.5) is 5.69 Å². The zero-order valence-corrected chi connectivity index (χ0v) is 13.4. The molecule has 0 aromatic heterocycles. The number of ether oxygens (including phenoxy) is 1. The van der Waals surface area contributed by atoms with Crippen LogP contribution in [0.1, 0.15) is 28.8 Å². The van der Waals surface area contributed by atoms with Crippen LogP contribution in [0.25, 0.3) is 0 Å². The molecule has 2 heterocycles. The van der Waals surface area contributed by atoms with Crippen LogP contribution in [0.5, 0.6) is 0 Å². The summed E-state index contributed by atoms with van der Waals surface area (Å²) >= 11 is 0. The summed E-state index contributed by atoms with van der Waals surface area (Å²) in [6.07, 6.45) is 1.69. The second kappa shape index (κ2) is 7.10. The number of morpholine rings is 1. The van der Waals surface area contributed by atoms with Gasteiger partial charge in [-0.05, 0) is 43.5 Å². The lowest BCUT2D eigenvalue weighted by Crippen LogP contribution is -2.45. The van der Waals surface area contributed by atoms with Crippen LogP contribution in [-0.2, 0) is 9.53 Å². The van der Waals surface area contributed by atoms with Gasteiger partial charge in [-0.2, -0.15) is 0 Å². The van der Waals surface area contributed by atoms with Crippen LogP contribution in [0.2, 0.25) is 0 Å². The number of nitrogens with one attached hydrogen (secondary N) is 2. The van der Waals surface area contributed by atoms with Gasteiger partial charge in [0, 0.05) is 37.4 Å². The summed E-state index contributed by atoms with van der Waals surface area (Å²) in [7, 11) is 0. The average molecular weight is 317 g/mol. The molecule has 1 aromatic carbocycles. The van der Waals surface area contributed by atoms with Crippen LogP contribution >= 0.6 is 0 Å². The maximum atomic E-state index is 12.4. The quantitative estimate of drug-likeness (QED) is 0.877. The molecule has 6 nitrogen and oxygen atoms in total. The first-order chi connectivity index (χ1) is 11.1. The number of benzene rings is 1. The molecule has 2 aliphatic rings. The Hall–Kier alpha value is -1.92. The van der Waals surface area contributed by atoms with E-state index in [1.165, 1.54) is 0 Å². The van der Waals surface area contributed by atoms with Crippen molar-refractivity contribution >= 4 is 17.5 Å². The summed E-state index contributed by atoms with van der Waals surface area (Å²) < 4.78 is 5.45. The number of likely N-dealkylation sites (tertiary alicyclic amines) is 1. The Balaban J connectivity index is 1.66. The summed E-state index contributed by atoms with van der Waals surface area (Å²) in [4.78, 5) is 26.5. The predicted molar refractivity (Wildman–Crippen MR) is 87.6 cm³/mol. The van der Waals surface area contributed by atoms with Gasteiger partial charge in [-0.1, -0.05) is 0 Å². The molecule has 6 heteroatoms. The number of anilines is 1. The molecule has 23 heavy (non-hydrogen) atoms. The second-order valence-corrected chi connectivity index (χ2v) is 6.08. The van der Waals surface area contributed by atoms with Gasteiger partial charge in [0.1, 0.15) is 6.10 Å². The van der Waals surface area contributed by atoms with Gasteiger partial charge in [0.05, 0.1) is 6.61 Å². The topological polar surface area (TPSA) is 70.7 Å². The average Bonchev–Trinajstić information content (AvgIpc) is 3.11. The first-order valence-electron chi connectivity index (χ1n) is 8.18. The fraction of sp³-hybridized carbons (Fsp3) is 0.529. The highest BCUT2D eigenvalue weighted by atomic mass is 16.5. The van der Waals surface area contributed by atoms with Gasteiger partial charge in [0.15, 0.2) is 0 Å². The van der Waals surface area contributed by atoms with Gasteiger partial charge in [0.2, 0.25) is 0 Å². The second-order valence-electron chi connectivity index (χ2n) is 6.08. The number of hydrogen-bond acceptors (Lipinski definition) is 4. The smallest absolute Gasteiger partial charge is 0.254 e. The van der Waals surface area contributed by atoms with E-state index in [0.29, 0.717) is 18.7 Å². The number of hydrogen-bond donors (Lipinski definition) is 2. The number of nitrogens with zero attached hydrogens (tertiary/aromatic N) is 1. The van der Waals surface area contributed by atoms with E-state index >= 15 is 0 Å². The fourth-order valence-electron chi connectivity index (χ4n) is 2.99. The molecule has 0 radical (unpaired) electrons. The Morgan fingerprint density at radius 3 is 2.74 bits per heavy atom. The Morgan fingerprint density at radius 1 is 1.30 bits per heavy atom. The third kappa shape index (κ3) is 3.71. The normalized spacial score (nSPS) is 21.3. The van der Waals surface area contributed by atoms with Crippen molar-refractivity contribution in [3.63, 3.8) is 0 Å². The van der Waals surface area contributed by atoms with Crippen molar-refractivity contribution in [1.29, 1.82) is 0 Å². The third-order valence-electron chi connectivity index (χ3n) is 4.34. The summed E-state index contributed by atoms with van der Waals surface area (Å²) in [5, 5.41) is 6.02. The number of aryl methyl sites for hydroxylation is 1. The molecule has 3 rings (SSSR count). The summed E-state index contributed by atoms with van der Waals surface area (Å²) in [6, 6.07) is 5.42. The zero-order valence-electron chi connectivity index (χ0n) is 13.4. The van der Waals surface area contributed by atoms with Crippen molar-refractivity contribution in [3.05, 3.63) is 29.3 Å². The first-order valence-corrected chi connectivity index (χ1v) is 8.18. The third-order valence-corrected chi connectivity index (χ3v) is 4.34. The van der Waals surface area contributed by atoms with Gasteiger partial charge in [-0.25, -0.2) is 0 Å². The minimum atomic E-state index is -0.464. The zero-order chi connectivity index (χ0) is 16.2. The summed E-state index contributed by atoms with van der Waals surface area (Å²) in [5.74, 6) is -0.0813. The van der Waals surface area contributed by atoms with Crippen molar-refractivity contribution in [2.45, 2.75) is 25.9 Å². The highest BCUT2D eigenvalue weighted by molar-refractivity contribution is 5.98. The monoisotopic (exact) mass is 317 g/mol. The molecule has 0 aliphatic carbocycles. The van der Waals surface area contributed by atoms with Crippen molar-refractivity contribution in [1.82, 2.24) is 10.2 Å². The van der Waals surface area contributed by atoms with E-state index in [9.17, 15) is 9.59 Å². The molecule has 0 spiro atoms. The molecular weight excluding hydrogens is 294 g/mol. The van der Waals surface area contributed by atoms with Crippen molar-refractivity contribution < 1.29 is 14.3 Å². The molecule has 1 unspecified atom stereocenters. The lowest BCUT2D eigenvalue weighted by molar-refractivity contribution is -0.128. The minimum Gasteiger partial charge on any atom is -0.366 e. The van der Waals surface area contributed by atoms with Crippen LogP contribution in [0.3, 0.4) is 0 Å². The highest BCUT2D eigenvalue weighted by Crippen LogP contribution is 2.20. The molecule has 2 fully saturated rings. The van der Waals surface area contributed by atoms with E-state index < -0.39 is 6.10 Å². The number of rotatable bonds is 3. The first kappa shape index (κ1) is 16.0. The van der Waals surface area contributed by atoms with Crippen molar-refractivity contribution in [2.24, 2.45) is 0 Å². The SMILES string of the molecule is Cc1cc(C(=O)N2CCCC2)ccc1NC(=O)C1CNCCO1. The van der Waals surface area contributed by atoms with Gasteiger partial charge in [-0.15, -0.1) is 0 Å². The van der Waals surface area contributed by atoms with Crippen molar-refractivity contribution in [3.8, 4) is 0 Å². The maximum Gasteiger partial charge on any atom is 0.254 e. The number of carbonyl (C=O) groups is 2. The molecule has 124 valence electrons. The molecule has 0 bridgehead atoms. The Kier molecular flexibility index (Phi) is 4.93. The van der Waals surface area contributed by atoms with Crippen molar-refractivity contribution in [2.75, 3.05) is 38.1 Å². The van der Waals surface area contributed by atoms with Gasteiger partial charge >= 0.3 is 0 Å². The fourth-order valence-corrected chi connectivity index (χ4v) is 2.99. The standard InChI is InChI=1S/C17H23N3O3/c1-12-10-13(17(22)20-7-2-3-8-20)4-5-14(12)19-16(21)15-11-18-6-9-23-15/h4-5,10,15,18H,2-3,6-9,11H2,1H3,(H,19,21). The number of carbonyl (C=O) groups excluding carboxylic acids is 2. The van der Waals surface area contributed by atoms with Gasteiger partial charge in [-0.3, -0.25) is 9.59 Å². The molecule has 0 saturated carbocycles. The largest absolute Gasteiger partial charge is 0.366 e. The number of amides is 2. The molecular formula is C17H23N3O3. The van der Waals surface area contributed by atoms with Gasteiger partial charge < -0.3 is 20.3 Å². The molecule has 2 saturated heterocycles. The van der Waals surface area contributed by atoms with E-state index in [0.717, 1.165) is 43.7 Å². The van der Waals surface area contributed by atoms with E-state index in [1.54, 1.807) is 12.1 Å². The van der Waals surface area contributed by atoms with E-state index in [1.807, 2.05) is 17.9 Å². The molecule has 2 N–H and O–H groups in total. The maximum absolute atomic E-state index is 12.4. The highest BCUT2D eigenvalue weighted by Gasteiger charge is 2.23. The molecule has 1 atom stereocenters. The lowest BCUT2D eigenvalue weighted by Gasteiger charge is -2.23. The van der Waals surface area contributed by atoms with Crippen LogP contribution < -0.4 is 10.6 Å². The minimum absolute atomic E-state index is 0.0725. The van der Waals surface area contributed by atoms with Gasteiger partial charge in [0.25, 0.3) is 11.8 Å². The Bertz CT molecular complexity index is 591. The van der Waals surface area contributed by atoms with Crippen LogP contribution in [0.15, 0.2) is 18.2 Å². The Morgan fingerprint density at radius 2 is 2.09 bits per heavy atom. The van der Waals surface area contributed by atoms with E-state index in [-0.39, 0.29) is 11.8 Å². The lowest BCUT2D eigenvalue weighted by atomic mass is 10.1. The van der Waals surface area contributed by atoms with Crippen LogP contribution in [-0.4, -0.2) is 55.6 Å². The predicted octanol–water partition coefficient (Wildman–Crippen LogP) is 1.16. The summed E-state index contributed by atoms with van der Waals surface area (Å²) in [6.45, 7) is 5.41. The van der Waals surface area contributed by atoms with Crippen LogP contribution in [0, 0.1) is 6.92 Å². The molecule has 1 aromatic rings. The van der Waals surface area contributed by atoms with E-state index in [4.69, 9.17) is 4.74 Å². The molecule has 2 amide bonds. The molecule has 2 aliphatic heterocycles. The van der Waals surface area contributed by atoms with E-state index in [2.05, 4.69) is 10.6 Å².